The molecule has 7 nitrogen and oxygen atoms in total. The van der Waals surface area contributed by atoms with Gasteiger partial charge in [-0.05, 0) is 44.6 Å². The summed E-state index contributed by atoms with van der Waals surface area (Å²) in [5, 5.41) is 5.56. The van der Waals surface area contributed by atoms with E-state index in [2.05, 4.69) is 10.6 Å². The van der Waals surface area contributed by atoms with Crippen molar-refractivity contribution in [3.63, 3.8) is 0 Å². The number of amides is 4. The summed E-state index contributed by atoms with van der Waals surface area (Å²) >= 11 is 0. The van der Waals surface area contributed by atoms with Gasteiger partial charge >= 0.3 is 6.03 Å². The van der Waals surface area contributed by atoms with Crippen LogP contribution in [0, 0.1) is 5.82 Å². The number of hydrogen-bond donors (Lipinski definition) is 2. The average molecular weight is 390 g/mol. The zero-order valence-electron chi connectivity index (χ0n) is 16.3. The van der Waals surface area contributed by atoms with Crippen LogP contribution < -0.4 is 10.6 Å². The van der Waals surface area contributed by atoms with Gasteiger partial charge < -0.3 is 15.5 Å². The molecule has 8 heteroatoms. The lowest BCUT2D eigenvalue weighted by Crippen LogP contribution is -2.49. The number of nitrogens with one attached hydrogen (secondary N) is 2. The molecule has 1 spiro atoms. The molecule has 2 fully saturated rings. The second kappa shape index (κ2) is 8.26. The van der Waals surface area contributed by atoms with Crippen molar-refractivity contribution >= 4 is 17.8 Å². The van der Waals surface area contributed by atoms with Crippen LogP contribution in [-0.4, -0.2) is 60.4 Å². The zero-order valence-corrected chi connectivity index (χ0v) is 16.3. The van der Waals surface area contributed by atoms with Gasteiger partial charge in [0.15, 0.2) is 0 Å². The van der Waals surface area contributed by atoms with E-state index in [-0.39, 0.29) is 30.9 Å². The molecule has 0 aromatic heterocycles. The van der Waals surface area contributed by atoms with Gasteiger partial charge in [0, 0.05) is 6.54 Å². The Morgan fingerprint density at radius 1 is 1.29 bits per heavy atom. The standard InChI is InChI=1S/C20H27FN4O3/c1-24(2)16(14-7-6-8-15(21)11-14)12-22-17(26)13-25-18(27)20(23-19(25)28)9-4-3-5-10-20/h6-8,11,16H,3-5,9-10,12-13H2,1-2H3,(H,22,26)(H,23,28). The van der Waals surface area contributed by atoms with E-state index in [1.807, 2.05) is 19.0 Å². The Hall–Kier alpha value is -2.48. The fourth-order valence-corrected chi connectivity index (χ4v) is 4.04. The molecule has 1 aliphatic heterocycles. The molecule has 1 aromatic carbocycles. The van der Waals surface area contributed by atoms with Crippen LogP contribution >= 0.6 is 0 Å². The number of rotatable bonds is 6. The fraction of sp³-hybridized carbons (Fsp3) is 0.550. The molecule has 28 heavy (non-hydrogen) atoms. The molecule has 4 amide bonds. The molecule has 1 atom stereocenters. The second-order valence-corrected chi connectivity index (χ2v) is 7.80. The van der Waals surface area contributed by atoms with Crippen molar-refractivity contribution in [2.24, 2.45) is 0 Å². The number of carbonyl (C=O) groups is 3. The molecule has 1 aliphatic carbocycles. The van der Waals surface area contributed by atoms with Gasteiger partial charge in [-0.2, -0.15) is 0 Å². The molecule has 0 bridgehead atoms. The minimum atomic E-state index is -0.830. The van der Waals surface area contributed by atoms with Crippen LogP contribution in [0.4, 0.5) is 9.18 Å². The van der Waals surface area contributed by atoms with Crippen molar-refractivity contribution in [2.75, 3.05) is 27.2 Å². The second-order valence-electron chi connectivity index (χ2n) is 7.80. The van der Waals surface area contributed by atoms with Crippen LogP contribution in [-0.2, 0) is 9.59 Å². The highest BCUT2D eigenvalue weighted by Gasteiger charge is 2.51. The van der Waals surface area contributed by atoms with Crippen molar-refractivity contribution in [1.82, 2.24) is 20.4 Å². The number of nitrogens with zero attached hydrogens (tertiary/aromatic N) is 2. The maximum absolute atomic E-state index is 13.5. The quantitative estimate of drug-likeness (QED) is 0.726. The van der Waals surface area contributed by atoms with Crippen molar-refractivity contribution in [1.29, 1.82) is 0 Å². The van der Waals surface area contributed by atoms with Crippen molar-refractivity contribution in [2.45, 2.75) is 43.7 Å². The predicted molar refractivity (Wildman–Crippen MR) is 102 cm³/mol. The highest BCUT2D eigenvalue weighted by atomic mass is 19.1. The molecule has 3 rings (SSSR count). The van der Waals surface area contributed by atoms with E-state index in [1.165, 1.54) is 12.1 Å². The molecule has 1 saturated carbocycles. The molecule has 1 unspecified atom stereocenters. The highest BCUT2D eigenvalue weighted by molar-refractivity contribution is 6.09. The topological polar surface area (TPSA) is 81.8 Å². The number of imide groups is 1. The Labute approximate surface area is 164 Å². The third-order valence-corrected chi connectivity index (χ3v) is 5.60. The van der Waals surface area contributed by atoms with Gasteiger partial charge in [-0.1, -0.05) is 31.4 Å². The van der Waals surface area contributed by atoms with E-state index < -0.39 is 17.5 Å². The number of urea groups is 1. The van der Waals surface area contributed by atoms with Gasteiger partial charge in [0.1, 0.15) is 17.9 Å². The number of carbonyl (C=O) groups excluding carboxylic acids is 3. The molecular weight excluding hydrogens is 363 g/mol. The molecule has 2 aliphatic rings. The van der Waals surface area contributed by atoms with Crippen LogP contribution in [0.3, 0.4) is 0 Å². The fourth-order valence-electron chi connectivity index (χ4n) is 4.04. The van der Waals surface area contributed by atoms with Gasteiger partial charge in [-0.25, -0.2) is 9.18 Å². The lowest BCUT2D eigenvalue weighted by Gasteiger charge is -2.30. The van der Waals surface area contributed by atoms with Gasteiger partial charge in [-0.3, -0.25) is 14.5 Å². The lowest BCUT2D eigenvalue weighted by atomic mass is 9.82. The molecule has 1 saturated heterocycles. The Balaban J connectivity index is 1.60. The first-order chi connectivity index (χ1) is 13.3. The third kappa shape index (κ3) is 4.16. The summed E-state index contributed by atoms with van der Waals surface area (Å²) in [6, 6.07) is 5.49. The minimum absolute atomic E-state index is 0.229. The Bertz CT molecular complexity index is 762. The van der Waals surface area contributed by atoms with Gasteiger partial charge in [-0.15, -0.1) is 0 Å². The van der Waals surface area contributed by atoms with Crippen LogP contribution in [0.25, 0.3) is 0 Å². The SMILES string of the molecule is CN(C)C(CNC(=O)CN1C(=O)NC2(CCCCC2)C1=O)c1cccc(F)c1. The molecule has 1 heterocycles. The van der Waals surface area contributed by atoms with E-state index in [0.29, 0.717) is 12.8 Å². The summed E-state index contributed by atoms with van der Waals surface area (Å²) < 4.78 is 13.5. The normalized spacial score (nSPS) is 19.8. The summed E-state index contributed by atoms with van der Waals surface area (Å²) in [4.78, 5) is 40.3. The summed E-state index contributed by atoms with van der Waals surface area (Å²) in [6.45, 7) is -0.0696. The van der Waals surface area contributed by atoms with Gasteiger partial charge in [0.2, 0.25) is 5.91 Å². The monoisotopic (exact) mass is 390 g/mol. The van der Waals surface area contributed by atoms with Crippen molar-refractivity contribution < 1.29 is 18.8 Å². The Morgan fingerprint density at radius 3 is 2.64 bits per heavy atom. The first-order valence-electron chi connectivity index (χ1n) is 9.65. The molecule has 0 radical (unpaired) electrons. The van der Waals surface area contributed by atoms with E-state index in [0.717, 1.165) is 29.7 Å². The van der Waals surface area contributed by atoms with E-state index >= 15 is 0 Å². The third-order valence-electron chi connectivity index (χ3n) is 5.60. The summed E-state index contributed by atoms with van der Waals surface area (Å²) in [7, 11) is 3.68. The van der Waals surface area contributed by atoms with Crippen LogP contribution in [0.5, 0.6) is 0 Å². The summed E-state index contributed by atoms with van der Waals surface area (Å²) in [6.07, 6.45) is 4.09. The van der Waals surface area contributed by atoms with Gasteiger partial charge in [0.05, 0.1) is 6.04 Å². The molecular formula is C20H27FN4O3. The van der Waals surface area contributed by atoms with Crippen LogP contribution in [0.1, 0.15) is 43.7 Å². The van der Waals surface area contributed by atoms with Crippen molar-refractivity contribution in [3.8, 4) is 0 Å². The summed E-state index contributed by atoms with van der Waals surface area (Å²) in [5.41, 5.74) is -0.0926. The summed E-state index contributed by atoms with van der Waals surface area (Å²) in [5.74, 6) is -1.06. The maximum Gasteiger partial charge on any atom is 0.325 e. The Morgan fingerprint density at radius 2 is 2.00 bits per heavy atom. The maximum atomic E-state index is 13.5. The number of likely N-dealkylation sites (N-methyl/N-ethyl adjacent to an activating group) is 1. The van der Waals surface area contributed by atoms with E-state index in [1.54, 1.807) is 12.1 Å². The molecule has 152 valence electrons. The van der Waals surface area contributed by atoms with E-state index in [4.69, 9.17) is 0 Å². The minimum Gasteiger partial charge on any atom is -0.353 e. The Kier molecular flexibility index (Phi) is 5.98. The van der Waals surface area contributed by atoms with Gasteiger partial charge in [0.25, 0.3) is 5.91 Å². The number of benzene rings is 1. The highest BCUT2D eigenvalue weighted by Crippen LogP contribution is 2.33. The number of hydrogen-bond acceptors (Lipinski definition) is 4. The van der Waals surface area contributed by atoms with Crippen molar-refractivity contribution in [3.05, 3.63) is 35.6 Å². The molecule has 1 aromatic rings. The largest absolute Gasteiger partial charge is 0.353 e. The van der Waals surface area contributed by atoms with E-state index in [9.17, 15) is 18.8 Å². The zero-order chi connectivity index (χ0) is 20.3. The predicted octanol–water partition coefficient (Wildman–Crippen LogP) is 1.80. The van der Waals surface area contributed by atoms with Crippen LogP contribution in [0.2, 0.25) is 0 Å². The molecule has 2 N–H and O–H groups in total. The number of halogens is 1. The first-order valence-corrected chi connectivity index (χ1v) is 9.65. The average Bonchev–Trinajstić information content (AvgIpc) is 2.86. The van der Waals surface area contributed by atoms with Crippen LogP contribution in [0.15, 0.2) is 24.3 Å². The lowest BCUT2D eigenvalue weighted by molar-refractivity contribution is -0.135. The smallest absolute Gasteiger partial charge is 0.325 e. The first kappa shape index (κ1) is 20.3.